The largest absolute Gasteiger partial charge is 0.308 e. The lowest BCUT2D eigenvalue weighted by Crippen LogP contribution is -2.15. The summed E-state index contributed by atoms with van der Waals surface area (Å²) < 4.78 is 10.1. The summed E-state index contributed by atoms with van der Waals surface area (Å²) in [7, 11) is 0. The summed E-state index contributed by atoms with van der Waals surface area (Å²) in [5, 5.41) is 17.4. The van der Waals surface area contributed by atoms with Gasteiger partial charge in [-0.1, -0.05) is 232 Å². The van der Waals surface area contributed by atoms with Crippen molar-refractivity contribution in [1.82, 2.24) is 39.0 Å². The molecule has 0 radical (unpaired) electrons. The number of benzene rings is 15. The van der Waals surface area contributed by atoms with Gasteiger partial charge in [-0.3, -0.25) is 0 Å². The van der Waals surface area contributed by atoms with Crippen LogP contribution in [0.1, 0.15) is 25.0 Å². The van der Waals surface area contributed by atoms with Gasteiger partial charge in [-0.2, -0.15) is 0 Å². The molecule has 0 unspecified atom stereocenters. The molecule has 23 aromatic rings. The molecule has 0 saturated carbocycles. The molecule has 0 bridgehead atoms. The Hall–Kier alpha value is -14.2. The molecule has 8 heterocycles. The van der Waals surface area contributed by atoms with Gasteiger partial charge in [0.25, 0.3) is 0 Å². The Balaban J connectivity index is 0.000000135. The average Bonchev–Trinajstić information content (AvgIpc) is 1.55. The summed E-state index contributed by atoms with van der Waals surface area (Å²) in [6.07, 6.45) is 3.62. The molecule has 10 heteroatoms. The normalized spacial score (nSPS) is 12.6. The van der Waals surface area contributed by atoms with Crippen molar-refractivity contribution in [2.45, 2.75) is 19.3 Å². The lowest BCUT2D eigenvalue weighted by Gasteiger charge is -2.22. The minimum Gasteiger partial charge on any atom is -0.308 e. The van der Waals surface area contributed by atoms with Crippen molar-refractivity contribution in [2.24, 2.45) is 0 Å². The van der Waals surface area contributed by atoms with E-state index in [4.69, 9.17) is 29.9 Å². The van der Waals surface area contributed by atoms with Crippen molar-refractivity contribution < 1.29 is 0 Å². The van der Waals surface area contributed by atoms with Gasteiger partial charge in [-0.25, -0.2) is 29.9 Å². The Labute approximate surface area is 657 Å². The first-order chi connectivity index (χ1) is 55.8. The van der Waals surface area contributed by atoms with Crippen molar-refractivity contribution in [2.75, 3.05) is 0 Å². The van der Waals surface area contributed by atoms with E-state index in [9.17, 15) is 0 Å². The maximum absolute atomic E-state index is 5.35. The van der Waals surface area contributed by atoms with Gasteiger partial charge in [0.15, 0.2) is 22.9 Å². The van der Waals surface area contributed by atoms with E-state index >= 15 is 0 Å². The second kappa shape index (κ2) is 25.5. The summed E-state index contributed by atoms with van der Waals surface area (Å²) in [5.74, 6) is 1.30. The predicted molar refractivity (Wildman–Crippen MR) is 474 cm³/mol. The Kier molecular flexibility index (Phi) is 14.6. The summed E-state index contributed by atoms with van der Waals surface area (Å²) in [6, 6.07) is 122. The van der Waals surface area contributed by atoms with E-state index in [1.54, 1.807) is 0 Å². The van der Waals surface area contributed by atoms with Gasteiger partial charge in [0.2, 0.25) is 0 Å². The van der Waals surface area contributed by atoms with Crippen LogP contribution in [0, 0.1) is 0 Å². The zero-order valence-corrected chi connectivity index (χ0v) is 63.0. The highest BCUT2D eigenvalue weighted by Crippen LogP contribution is 2.53. The lowest BCUT2D eigenvalue weighted by molar-refractivity contribution is 0.660. The van der Waals surface area contributed by atoms with Crippen LogP contribution in [0.4, 0.5) is 0 Å². The third kappa shape index (κ3) is 10.1. The molecule has 113 heavy (non-hydrogen) atoms. The Morgan fingerprint density at radius 2 is 0.646 bits per heavy atom. The van der Waals surface area contributed by atoms with Gasteiger partial charge in [0.05, 0.1) is 42.9 Å². The van der Waals surface area contributed by atoms with E-state index in [0.29, 0.717) is 22.9 Å². The van der Waals surface area contributed by atoms with Crippen molar-refractivity contribution in [3.05, 3.63) is 363 Å². The monoisotopic (exact) mass is 1480 g/mol. The zero-order chi connectivity index (χ0) is 74.6. The van der Waals surface area contributed by atoms with Gasteiger partial charge in [-0.15, -0.1) is 22.7 Å². The number of pyridine rings is 2. The maximum atomic E-state index is 5.35. The zero-order valence-electron chi connectivity index (χ0n) is 61.4. The SMILES string of the molecule is CC1(C)c2ccccc2-c2ccc(-c3nc(-c4ccc(-n5c6ccccc6c6c7ccccc7c7c8ccccc8sc7c65)cc4)nc4ncccc34)cc21.c1ccc(-c2cc(-c3ccccc3)cc(-c3nc(-c4ccc(-n5c6ccccc6c6c7ccccc7c7c8ccccc8sc7c65)cc4)nc4ncccc34)c2)cc1. The topological polar surface area (TPSA) is 87.2 Å². The molecule has 8 aromatic heterocycles. The molecule has 0 fully saturated rings. The van der Waals surface area contributed by atoms with Crippen LogP contribution in [0.5, 0.6) is 0 Å². The van der Waals surface area contributed by atoms with E-state index < -0.39 is 0 Å². The smallest absolute Gasteiger partial charge is 0.163 e. The standard InChI is InChI=1S/C53H32N4S.C50H32N4S/c1-3-14-33(15-4-1)36-30-37(34-16-5-2-6-17-34)32-38(31-36)49-44-22-13-29-54-53(44)56-52(55-49)35-25-27-39(28-26-35)57-45-23-11-9-20-42(45)47-40-18-7-8-19-41(40)48-43-21-10-12-24-46(43)58-51(48)50(47)57;1-50(2)39-18-8-5-12-32(39)33-26-23-30(28-40(33)50)45-38-17-11-27-51-49(38)53-48(52-45)29-21-24-31(25-22-29)54-41-19-9-6-15-36(41)43-34-13-3-4-14-35(34)44-37-16-7-10-20-42(37)55-47(44)46(43)54/h1-32H;3-28H,1-2H3. The van der Waals surface area contributed by atoms with Gasteiger partial charge in [-0.05, 0) is 187 Å². The van der Waals surface area contributed by atoms with E-state index in [-0.39, 0.29) is 5.41 Å². The first kappa shape index (κ1) is 64.8. The number of rotatable bonds is 8. The van der Waals surface area contributed by atoms with Crippen LogP contribution in [0.15, 0.2) is 352 Å². The second-order valence-electron chi connectivity index (χ2n) is 29.9. The molecule has 0 aliphatic heterocycles. The molecule has 0 amide bonds. The fourth-order valence-electron chi connectivity index (χ4n) is 18.1. The molecule has 24 rings (SSSR count). The van der Waals surface area contributed by atoms with Gasteiger partial charge < -0.3 is 9.13 Å². The van der Waals surface area contributed by atoms with Crippen LogP contribution < -0.4 is 0 Å². The average molecular weight is 1480 g/mol. The molecule has 0 saturated heterocycles. The summed E-state index contributed by atoms with van der Waals surface area (Å²) in [4.78, 5) is 30.2. The third-order valence-corrected chi connectivity index (χ3v) is 25.6. The number of hydrogen-bond donors (Lipinski definition) is 0. The number of hydrogen-bond acceptors (Lipinski definition) is 8. The Morgan fingerprint density at radius 1 is 0.265 bits per heavy atom. The lowest BCUT2D eigenvalue weighted by atomic mass is 9.82. The van der Waals surface area contributed by atoms with E-state index in [2.05, 4.69) is 351 Å². The minimum absolute atomic E-state index is 0.109. The van der Waals surface area contributed by atoms with Crippen LogP contribution in [0.25, 0.3) is 218 Å². The molecular weight excluding hydrogens is 1410 g/mol. The third-order valence-electron chi connectivity index (χ3n) is 23.3. The number of para-hydroxylation sites is 2. The van der Waals surface area contributed by atoms with Crippen molar-refractivity contribution in [1.29, 1.82) is 0 Å². The number of fused-ring (bicyclic) bond motifs is 25. The van der Waals surface area contributed by atoms with Crippen LogP contribution in [-0.4, -0.2) is 39.0 Å². The number of nitrogens with zero attached hydrogens (tertiary/aromatic N) is 8. The molecule has 0 atom stereocenters. The van der Waals surface area contributed by atoms with Gasteiger partial charge in [0, 0.05) is 115 Å². The van der Waals surface area contributed by atoms with Gasteiger partial charge >= 0.3 is 0 Å². The summed E-state index contributed by atoms with van der Waals surface area (Å²) >= 11 is 3.77. The van der Waals surface area contributed by atoms with Crippen molar-refractivity contribution in [3.63, 3.8) is 0 Å². The number of thiophene rings is 2. The maximum Gasteiger partial charge on any atom is 0.163 e. The number of aromatic nitrogens is 8. The van der Waals surface area contributed by atoms with Crippen LogP contribution >= 0.6 is 22.7 Å². The van der Waals surface area contributed by atoms with Crippen LogP contribution in [-0.2, 0) is 5.41 Å². The highest BCUT2D eigenvalue weighted by Gasteiger charge is 2.36. The second-order valence-corrected chi connectivity index (χ2v) is 32.0. The molecule has 528 valence electrons. The Bertz CT molecular complexity index is 7830. The van der Waals surface area contributed by atoms with Crippen molar-refractivity contribution in [3.8, 4) is 90.0 Å². The summed E-state index contributed by atoms with van der Waals surface area (Å²) in [6.45, 7) is 4.64. The highest BCUT2D eigenvalue weighted by atomic mass is 32.1. The molecule has 1 aliphatic carbocycles. The predicted octanol–water partition coefficient (Wildman–Crippen LogP) is 27.6. The van der Waals surface area contributed by atoms with E-state index in [1.807, 2.05) is 47.2 Å². The first-order valence-electron chi connectivity index (χ1n) is 38.3. The molecule has 1 aliphatic rings. The first-order valence-corrected chi connectivity index (χ1v) is 39.9. The Morgan fingerprint density at radius 3 is 1.14 bits per heavy atom. The van der Waals surface area contributed by atoms with E-state index in [1.165, 1.54) is 128 Å². The minimum atomic E-state index is -0.109. The fraction of sp³-hybridized carbons (Fsp3) is 0.0291. The molecular formula is C103H64N8S2. The molecule has 15 aromatic carbocycles. The van der Waals surface area contributed by atoms with E-state index in [0.717, 1.165) is 78.0 Å². The molecule has 0 N–H and O–H groups in total. The highest BCUT2D eigenvalue weighted by molar-refractivity contribution is 7.27. The van der Waals surface area contributed by atoms with Gasteiger partial charge in [0.1, 0.15) is 0 Å². The molecule has 0 spiro atoms. The fourth-order valence-corrected chi connectivity index (χ4v) is 20.7. The van der Waals surface area contributed by atoms with Crippen molar-refractivity contribution >= 4 is 150 Å². The van der Waals surface area contributed by atoms with Crippen LogP contribution in [0.2, 0.25) is 0 Å². The quantitative estimate of drug-likeness (QED) is 0.151. The van der Waals surface area contributed by atoms with Crippen LogP contribution in [0.3, 0.4) is 0 Å². The summed E-state index contributed by atoms with van der Waals surface area (Å²) in [5.41, 5.74) is 23.9. The molecule has 8 nitrogen and oxygen atoms in total.